The van der Waals surface area contributed by atoms with Crippen LogP contribution < -0.4 is 5.73 Å². The van der Waals surface area contributed by atoms with E-state index in [1.807, 2.05) is 73.8 Å². The highest BCUT2D eigenvalue weighted by Gasteiger charge is 2.33. The van der Waals surface area contributed by atoms with Gasteiger partial charge in [0.15, 0.2) is 6.19 Å². The first kappa shape index (κ1) is 28.7. The number of carbonyl (C=O) groups is 2. The molecule has 0 aliphatic heterocycles. The Morgan fingerprint density at radius 1 is 1.05 bits per heavy atom. The van der Waals surface area contributed by atoms with E-state index in [0.717, 1.165) is 32.9 Å². The fourth-order valence-electron chi connectivity index (χ4n) is 4.91. The molecule has 1 heterocycles. The van der Waals surface area contributed by atoms with Gasteiger partial charge in [-0.15, -0.1) is 0 Å². The van der Waals surface area contributed by atoms with Crippen LogP contribution in [0.2, 0.25) is 5.02 Å². The number of hydrogen-bond acceptors (Lipinski definition) is 4. The highest BCUT2D eigenvalue weighted by molar-refractivity contribution is 6.31. The van der Waals surface area contributed by atoms with Gasteiger partial charge in [0, 0.05) is 30.2 Å². The Bertz CT molecular complexity index is 1530. The molecule has 9 heteroatoms. The average molecular weight is 557 g/mol. The van der Waals surface area contributed by atoms with Crippen LogP contribution in [0.5, 0.6) is 0 Å². The summed E-state index contributed by atoms with van der Waals surface area (Å²) in [6.45, 7) is 7.05. The average Bonchev–Trinajstić information content (AvgIpc) is 3.26. The summed E-state index contributed by atoms with van der Waals surface area (Å²) in [6.07, 6.45) is 2.18. The molecule has 0 saturated carbocycles. The molecular formula is C31H33ClN6O2. The number of fused-ring (bicyclic) bond motifs is 1. The topological polar surface area (TPSA) is 108 Å². The van der Waals surface area contributed by atoms with E-state index < -0.39 is 12.1 Å². The zero-order valence-corrected chi connectivity index (χ0v) is 23.7. The first-order valence-corrected chi connectivity index (χ1v) is 13.6. The highest BCUT2D eigenvalue weighted by Crippen LogP contribution is 2.33. The van der Waals surface area contributed by atoms with Crippen molar-refractivity contribution >= 4 is 34.6 Å². The molecule has 8 nitrogen and oxygen atoms in total. The van der Waals surface area contributed by atoms with Crippen LogP contribution in [-0.4, -0.2) is 44.4 Å². The van der Waals surface area contributed by atoms with E-state index in [0.29, 0.717) is 23.6 Å². The van der Waals surface area contributed by atoms with Crippen LogP contribution in [0.4, 0.5) is 4.79 Å². The summed E-state index contributed by atoms with van der Waals surface area (Å²) in [5.41, 5.74) is 9.71. The van der Waals surface area contributed by atoms with Crippen LogP contribution in [0.25, 0.3) is 11.0 Å². The van der Waals surface area contributed by atoms with Crippen LogP contribution in [0.1, 0.15) is 53.6 Å². The molecule has 0 bridgehead atoms. The van der Waals surface area contributed by atoms with E-state index in [9.17, 15) is 14.9 Å². The van der Waals surface area contributed by atoms with Gasteiger partial charge in [0.05, 0.1) is 17.1 Å². The van der Waals surface area contributed by atoms with Crippen molar-refractivity contribution in [3.63, 3.8) is 0 Å². The lowest BCUT2D eigenvalue weighted by atomic mass is 9.99. The minimum Gasteiger partial charge on any atom is -0.351 e. The predicted octanol–water partition coefficient (Wildman–Crippen LogP) is 6.14. The number of nitriles is 1. The summed E-state index contributed by atoms with van der Waals surface area (Å²) >= 11 is 6.34. The predicted molar refractivity (Wildman–Crippen MR) is 157 cm³/mol. The molecule has 0 unspecified atom stereocenters. The third-order valence-electron chi connectivity index (χ3n) is 6.88. The van der Waals surface area contributed by atoms with Gasteiger partial charge < -0.3 is 15.2 Å². The van der Waals surface area contributed by atoms with Crippen molar-refractivity contribution in [2.75, 3.05) is 13.1 Å². The van der Waals surface area contributed by atoms with Gasteiger partial charge in [-0.1, -0.05) is 73.5 Å². The molecule has 4 rings (SSSR count). The zero-order valence-electron chi connectivity index (χ0n) is 22.9. The first-order chi connectivity index (χ1) is 19.2. The Kier molecular flexibility index (Phi) is 9.08. The smallest absolute Gasteiger partial charge is 0.327 e. The lowest BCUT2D eigenvalue weighted by molar-refractivity contribution is 0.0600. The molecule has 0 fully saturated rings. The number of urea groups is 1. The maximum atomic E-state index is 14.1. The number of rotatable bonds is 10. The van der Waals surface area contributed by atoms with Gasteiger partial charge in [0.25, 0.3) is 5.91 Å². The summed E-state index contributed by atoms with van der Waals surface area (Å²) in [5.74, 6) is 0.570. The van der Waals surface area contributed by atoms with Crippen LogP contribution in [0, 0.1) is 24.3 Å². The van der Waals surface area contributed by atoms with E-state index in [-0.39, 0.29) is 24.9 Å². The number of primary amides is 1. The summed E-state index contributed by atoms with van der Waals surface area (Å²) < 4.78 is 2.14. The Balaban J connectivity index is 1.82. The molecule has 0 radical (unpaired) electrons. The van der Waals surface area contributed by atoms with Crippen LogP contribution >= 0.6 is 11.6 Å². The molecule has 1 atom stereocenters. The van der Waals surface area contributed by atoms with Crippen molar-refractivity contribution < 1.29 is 9.59 Å². The Morgan fingerprint density at radius 2 is 1.75 bits per heavy atom. The third-order valence-corrected chi connectivity index (χ3v) is 7.12. The fourth-order valence-corrected chi connectivity index (χ4v) is 5.08. The van der Waals surface area contributed by atoms with Crippen molar-refractivity contribution in [2.24, 2.45) is 11.7 Å². The third kappa shape index (κ3) is 6.44. The van der Waals surface area contributed by atoms with E-state index in [4.69, 9.17) is 22.3 Å². The van der Waals surface area contributed by atoms with Crippen molar-refractivity contribution in [3.8, 4) is 6.19 Å². The molecule has 0 aliphatic rings. The largest absolute Gasteiger partial charge is 0.351 e. The molecule has 0 spiro atoms. The van der Waals surface area contributed by atoms with Gasteiger partial charge in [-0.2, -0.15) is 5.26 Å². The Hall–Kier alpha value is -4.35. The van der Waals surface area contributed by atoms with Crippen LogP contribution in [0.3, 0.4) is 0 Å². The molecular weight excluding hydrogens is 524 g/mol. The van der Waals surface area contributed by atoms with Gasteiger partial charge >= 0.3 is 6.03 Å². The van der Waals surface area contributed by atoms with E-state index >= 15 is 0 Å². The zero-order chi connectivity index (χ0) is 28.8. The van der Waals surface area contributed by atoms with Crippen molar-refractivity contribution in [3.05, 3.63) is 100 Å². The molecule has 40 heavy (non-hydrogen) atoms. The summed E-state index contributed by atoms with van der Waals surface area (Å²) in [5, 5.41) is 9.88. The summed E-state index contributed by atoms with van der Waals surface area (Å²) in [4.78, 5) is 33.4. The number of benzene rings is 3. The maximum absolute atomic E-state index is 14.1. The Labute approximate surface area is 239 Å². The number of nitrogens with two attached hydrogens (primary N) is 1. The SMILES string of the molecule is Cc1ccc(C(=O)N(CCCN(C#N)C(N)=O)[C@@H](c2nc3cc(Cl)ccc3n2Cc2ccccc2)C(C)C)cc1. The minimum absolute atomic E-state index is 0.0144. The van der Waals surface area contributed by atoms with Gasteiger partial charge in [-0.25, -0.2) is 14.7 Å². The molecule has 4 aromatic rings. The molecule has 3 aromatic carbocycles. The number of aryl methyl sites for hydroxylation is 1. The lowest BCUT2D eigenvalue weighted by Crippen LogP contribution is -2.41. The monoisotopic (exact) mass is 556 g/mol. The van der Waals surface area contributed by atoms with Crippen molar-refractivity contribution in [2.45, 2.75) is 39.8 Å². The van der Waals surface area contributed by atoms with Crippen LogP contribution in [0.15, 0.2) is 72.8 Å². The molecule has 0 saturated heterocycles. The van der Waals surface area contributed by atoms with E-state index in [2.05, 4.69) is 30.5 Å². The second-order valence-corrected chi connectivity index (χ2v) is 10.6. The number of amides is 3. The first-order valence-electron chi connectivity index (χ1n) is 13.2. The molecule has 3 amide bonds. The number of imidazole rings is 1. The number of carbonyl (C=O) groups excluding carboxylic acids is 2. The second-order valence-electron chi connectivity index (χ2n) is 10.2. The molecule has 2 N–H and O–H groups in total. The second kappa shape index (κ2) is 12.7. The number of hydrogen-bond donors (Lipinski definition) is 1. The number of nitrogens with zero attached hydrogens (tertiary/aromatic N) is 5. The van der Waals surface area contributed by atoms with Crippen molar-refractivity contribution in [1.29, 1.82) is 5.26 Å². The van der Waals surface area contributed by atoms with Gasteiger partial charge in [0.1, 0.15) is 5.82 Å². The summed E-state index contributed by atoms with van der Waals surface area (Å²) in [7, 11) is 0. The summed E-state index contributed by atoms with van der Waals surface area (Å²) in [6, 6.07) is 22.0. The molecule has 0 aliphatic carbocycles. The van der Waals surface area contributed by atoms with Gasteiger partial charge in [-0.05, 0) is 55.2 Å². The van der Waals surface area contributed by atoms with Gasteiger partial charge in [0.2, 0.25) is 0 Å². The Morgan fingerprint density at radius 3 is 2.38 bits per heavy atom. The van der Waals surface area contributed by atoms with Crippen molar-refractivity contribution in [1.82, 2.24) is 19.4 Å². The quantitative estimate of drug-likeness (QED) is 0.187. The van der Waals surface area contributed by atoms with E-state index in [1.165, 1.54) is 0 Å². The molecule has 1 aromatic heterocycles. The normalized spacial score (nSPS) is 11.8. The minimum atomic E-state index is -0.819. The van der Waals surface area contributed by atoms with Gasteiger partial charge in [-0.3, -0.25) is 4.79 Å². The highest BCUT2D eigenvalue weighted by atomic mass is 35.5. The number of aromatic nitrogens is 2. The molecule has 206 valence electrons. The van der Waals surface area contributed by atoms with E-state index in [1.54, 1.807) is 4.90 Å². The fraction of sp³-hybridized carbons (Fsp3) is 0.290. The van der Waals surface area contributed by atoms with Crippen LogP contribution in [-0.2, 0) is 6.54 Å². The number of halogens is 1. The standard InChI is InChI=1S/C31H33ClN6O2/c1-21(2)28(29-35-26-18-25(32)14-15-27(26)38(29)19-23-8-5-4-6-9-23)37(17-7-16-36(20-33)31(34)40)30(39)24-12-10-22(3)11-13-24/h4-6,8-15,18,21,28H,7,16-17,19H2,1-3H3,(H2,34,40)/t28-/m1/s1. The maximum Gasteiger partial charge on any atom is 0.327 e. The lowest BCUT2D eigenvalue weighted by Gasteiger charge is -2.35.